The van der Waals surface area contributed by atoms with E-state index < -0.39 is 0 Å². The molecule has 1 aromatic heterocycles. The number of aryl methyl sites for hydroxylation is 1. The number of hydrogen-bond acceptors (Lipinski definition) is 6. The van der Waals surface area contributed by atoms with Crippen molar-refractivity contribution in [3.8, 4) is 11.5 Å². The molecule has 2 aromatic rings. The molecule has 0 spiro atoms. The molecule has 0 fully saturated rings. The number of nitrogens with one attached hydrogen (secondary N) is 1. The molecule has 1 aromatic carbocycles. The molecule has 0 aliphatic carbocycles. The van der Waals surface area contributed by atoms with Crippen LogP contribution < -0.4 is 20.7 Å². The first-order chi connectivity index (χ1) is 9.71. The van der Waals surface area contributed by atoms with Crippen LogP contribution in [0.5, 0.6) is 11.5 Å². The average molecular weight is 277 g/mol. The van der Waals surface area contributed by atoms with E-state index in [1.54, 1.807) is 18.9 Å². The molecule has 7 nitrogen and oxygen atoms in total. The van der Waals surface area contributed by atoms with E-state index in [0.717, 1.165) is 22.9 Å². The maximum Gasteiger partial charge on any atom is 0.138 e. The summed E-state index contributed by atoms with van der Waals surface area (Å²) >= 11 is 0. The SMILES string of the molecule is COc1cccc(OC)c1C(Cc1ncnn1C)NN. The second-order valence-corrected chi connectivity index (χ2v) is 4.30. The summed E-state index contributed by atoms with van der Waals surface area (Å²) in [5.74, 6) is 7.95. The van der Waals surface area contributed by atoms with E-state index in [9.17, 15) is 0 Å². The first-order valence-electron chi connectivity index (χ1n) is 6.21. The Labute approximate surface area is 117 Å². The predicted molar refractivity (Wildman–Crippen MR) is 74.3 cm³/mol. The number of hydrogen-bond donors (Lipinski definition) is 2. The van der Waals surface area contributed by atoms with Crippen LogP contribution in [-0.2, 0) is 13.5 Å². The number of nitrogens with zero attached hydrogens (tertiary/aromatic N) is 3. The zero-order chi connectivity index (χ0) is 14.5. The van der Waals surface area contributed by atoms with E-state index >= 15 is 0 Å². The van der Waals surface area contributed by atoms with Crippen molar-refractivity contribution in [2.75, 3.05) is 14.2 Å². The third-order valence-corrected chi connectivity index (χ3v) is 3.21. The summed E-state index contributed by atoms with van der Waals surface area (Å²) < 4.78 is 12.5. The summed E-state index contributed by atoms with van der Waals surface area (Å²) in [5, 5.41) is 4.06. The zero-order valence-electron chi connectivity index (χ0n) is 11.8. The summed E-state index contributed by atoms with van der Waals surface area (Å²) in [6.45, 7) is 0. The molecule has 0 aliphatic rings. The molecular weight excluding hydrogens is 258 g/mol. The molecule has 0 aliphatic heterocycles. The Morgan fingerprint density at radius 1 is 1.30 bits per heavy atom. The van der Waals surface area contributed by atoms with E-state index in [4.69, 9.17) is 15.3 Å². The van der Waals surface area contributed by atoms with Crippen molar-refractivity contribution in [3.05, 3.63) is 35.9 Å². The van der Waals surface area contributed by atoms with Crippen LogP contribution in [0.4, 0.5) is 0 Å². The lowest BCUT2D eigenvalue weighted by molar-refractivity contribution is 0.368. The second kappa shape index (κ2) is 6.36. The summed E-state index contributed by atoms with van der Waals surface area (Å²) in [4.78, 5) is 4.21. The maximum absolute atomic E-state index is 5.70. The zero-order valence-corrected chi connectivity index (χ0v) is 11.8. The number of nitrogens with two attached hydrogens (primary N) is 1. The minimum absolute atomic E-state index is 0.191. The van der Waals surface area contributed by atoms with Gasteiger partial charge in [-0.1, -0.05) is 6.07 Å². The molecule has 1 unspecified atom stereocenters. The summed E-state index contributed by atoms with van der Waals surface area (Å²) in [7, 11) is 5.08. The van der Waals surface area contributed by atoms with Gasteiger partial charge in [0.2, 0.25) is 0 Å². The Bertz CT molecular complexity index is 547. The van der Waals surface area contributed by atoms with Gasteiger partial charge in [-0.05, 0) is 12.1 Å². The Balaban J connectivity index is 2.38. The van der Waals surface area contributed by atoms with Gasteiger partial charge in [-0.15, -0.1) is 0 Å². The first-order valence-corrected chi connectivity index (χ1v) is 6.21. The fraction of sp³-hybridized carbons (Fsp3) is 0.385. The van der Waals surface area contributed by atoms with Crippen LogP contribution >= 0.6 is 0 Å². The second-order valence-electron chi connectivity index (χ2n) is 4.30. The van der Waals surface area contributed by atoms with Crippen molar-refractivity contribution < 1.29 is 9.47 Å². The summed E-state index contributed by atoms with van der Waals surface area (Å²) in [6.07, 6.45) is 2.09. The van der Waals surface area contributed by atoms with Crippen molar-refractivity contribution in [1.29, 1.82) is 0 Å². The summed E-state index contributed by atoms with van der Waals surface area (Å²) in [6, 6.07) is 5.43. The van der Waals surface area contributed by atoms with E-state index in [-0.39, 0.29) is 6.04 Å². The highest BCUT2D eigenvalue weighted by molar-refractivity contribution is 5.47. The molecule has 7 heteroatoms. The molecule has 0 amide bonds. The van der Waals surface area contributed by atoms with Crippen molar-refractivity contribution >= 4 is 0 Å². The average Bonchev–Trinajstić information content (AvgIpc) is 2.89. The highest BCUT2D eigenvalue weighted by Crippen LogP contribution is 2.34. The van der Waals surface area contributed by atoms with Gasteiger partial charge in [0.05, 0.1) is 25.8 Å². The Morgan fingerprint density at radius 3 is 2.40 bits per heavy atom. The van der Waals surface area contributed by atoms with Crippen molar-refractivity contribution in [2.24, 2.45) is 12.9 Å². The largest absolute Gasteiger partial charge is 0.496 e. The topological polar surface area (TPSA) is 87.2 Å². The molecule has 108 valence electrons. The van der Waals surface area contributed by atoms with Gasteiger partial charge in [-0.3, -0.25) is 16.0 Å². The van der Waals surface area contributed by atoms with E-state index in [1.165, 1.54) is 6.33 Å². The molecule has 1 heterocycles. The lowest BCUT2D eigenvalue weighted by atomic mass is 10.0. The van der Waals surface area contributed by atoms with E-state index in [1.807, 2.05) is 25.2 Å². The minimum Gasteiger partial charge on any atom is -0.496 e. The van der Waals surface area contributed by atoms with Crippen molar-refractivity contribution in [3.63, 3.8) is 0 Å². The first kappa shape index (κ1) is 14.3. The van der Waals surface area contributed by atoms with Crippen molar-refractivity contribution in [2.45, 2.75) is 12.5 Å². The van der Waals surface area contributed by atoms with Gasteiger partial charge in [0.25, 0.3) is 0 Å². The predicted octanol–water partition coefficient (Wildman–Crippen LogP) is 0.579. The van der Waals surface area contributed by atoms with Gasteiger partial charge < -0.3 is 9.47 Å². The van der Waals surface area contributed by atoms with E-state index in [2.05, 4.69) is 15.5 Å². The Morgan fingerprint density at radius 2 is 1.95 bits per heavy atom. The van der Waals surface area contributed by atoms with Crippen molar-refractivity contribution in [1.82, 2.24) is 20.2 Å². The smallest absolute Gasteiger partial charge is 0.138 e. The quantitative estimate of drug-likeness (QED) is 0.593. The van der Waals surface area contributed by atoms with Crippen LogP contribution in [0.3, 0.4) is 0 Å². The minimum atomic E-state index is -0.191. The number of benzene rings is 1. The lowest BCUT2D eigenvalue weighted by Gasteiger charge is -2.21. The Kier molecular flexibility index (Phi) is 4.54. The lowest BCUT2D eigenvalue weighted by Crippen LogP contribution is -2.31. The number of rotatable bonds is 6. The highest BCUT2D eigenvalue weighted by atomic mass is 16.5. The van der Waals surface area contributed by atoms with Crippen LogP contribution in [0, 0.1) is 0 Å². The van der Waals surface area contributed by atoms with Crippen LogP contribution in [0.2, 0.25) is 0 Å². The molecule has 20 heavy (non-hydrogen) atoms. The standard InChI is InChI=1S/C13H19N5O2/c1-18-12(15-8-16-18)7-9(17-14)13-10(19-2)5-4-6-11(13)20-3/h4-6,8-9,17H,7,14H2,1-3H3. The molecule has 0 radical (unpaired) electrons. The number of ether oxygens (including phenoxy) is 2. The number of aromatic nitrogens is 3. The maximum atomic E-state index is 5.70. The van der Waals surface area contributed by atoms with Crippen LogP contribution in [0.15, 0.2) is 24.5 Å². The fourth-order valence-corrected chi connectivity index (χ4v) is 2.16. The monoisotopic (exact) mass is 277 g/mol. The molecule has 3 N–H and O–H groups in total. The van der Waals surface area contributed by atoms with Crippen LogP contribution in [0.25, 0.3) is 0 Å². The van der Waals surface area contributed by atoms with Gasteiger partial charge in [-0.2, -0.15) is 5.10 Å². The molecule has 0 saturated carbocycles. The number of hydrazine groups is 1. The number of methoxy groups -OCH3 is 2. The molecule has 2 rings (SSSR count). The van der Waals surface area contributed by atoms with Gasteiger partial charge in [0.15, 0.2) is 0 Å². The van der Waals surface area contributed by atoms with Crippen LogP contribution in [-0.4, -0.2) is 29.0 Å². The fourth-order valence-electron chi connectivity index (χ4n) is 2.16. The third kappa shape index (κ3) is 2.73. The van der Waals surface area contributed by atoms with Gasteiger partial charge >= 0.3 is 0 Å². The molecule has 1 atom stereocenters. The normalized spacial score (nSPS) is 12.2. The Hall–Kier alpha value is -2.12. The van der Waals surface area contributed by atoms with E-state index in [0.29, 0.717) is 6.42 Å². The summed E-state index contributed by atoms with van der Waals surface area (Å²) in [5.41, 5.74) is 3.66. The molecule has 0 bridgehead atoms. The highest BCUT2D eigenvalue weighted by Gasteiger charge is 2.21. The van der Waals surface area contributed by atoms with Crippen LogP contribution in [0.1, 0.15) is 17.4 Å². The van der Waals surface area contributed by atoms with Gasteiger partial charge in [-0.25, -0.2) is 4.98 Å². The molecular formula is C13H19N5O2. The third-order valence-electron chi connectivity index (χ3n) is 3.21. The van der Waals surface area contributed by atoms with Gasteiger partial charge in [0.1, 0.15) is 23.7 Å². The van der Waals surface area contributed by atoms with Gasteiger partial charge in [0, 0.05) is 13.5 Å². The molecule has 0 saturated heterocycles.